The van der Waals surface area contributed by atoms with Crippen LogP contribution in [0.2, 0.25) is 0 Å². The molecule has 0 bridgehead atoms. The number of imidazole rings is 1. The first-order valence-corrected chi connectivity index (χ1v) is 6.90. The smallest absolute Gasteiger partial charge is 0.112 e. The van der Waals surface area contributed by atoms with Crippen LogP contribution in [0.1, 0.15) is 18.7 Å². The van der Waals surface area contributed by atoms with E-state index in [1.54, 1.807) is 0 Å². The van der Waals surface area contributed by atoms with E-state index in [4.69, 9.17) is 4.74 Å². The first kappa shape index (κ1) is 12.6. The Morgan fingerprint density at radius 2 is 2.32 bits per heavy atom. The minimum absolute atomic E-state index is 0.331. The lowest BCUT2D eigenvalue weighted by molar-refractivity contribution is 0.126. The Morgan fingerprint density at radius 3 is 3.05 bits per heavy atom. The second-order valence-electron chi connectivity index (χ2n) is 5.40. The van der Waals surface area contributed by atoms with Crippen molar-refractivity contribution >= 4 is 11.0 Å². The molecule has 2 aromatic rings. The number of nitrogens with zero attached hydrogens (tertiary/aromatic N) is 2. The number of ether oxygens (including phenoxy) is 1. The van der Waals surface area contributed by atoms with Crippen molar-refractivity contribution in [3.63, 3.8) is 0 Å². The van der Waals surface area contributed by atoms with Crippen LogP contribution in [0.4, 0.5) is 0 Å². The molecule has 1 aliphatic rings. The molecule has 0 saturated carbocycles. The van der Waals surface area contributed by atoms with Crippen LogP contribution in [-0.4, -0.2) is 34.0 Å². The maximum absolute atomic E-state index is 10.2. The van der Waals surface area contributed by atoms with Gasteiger partial charge >= 0.3 is 0 Å². The molecule has 2 unspecified atom stereocenters. The SMILES string of the molecule is Cn1c(CC(O)CC2CCOC2)nc2ccccc21. The minimum Gasteiger partial charge on any atom is -0.393 e. The number of hydrogen-bond acceptors (Lipinski definition) is 3. The predicted octanol–water partition coefficient (Wildman–Crippen LogP) is 1.90. The minimum atomic E-state index is -0.331. The van der Waals surface area contributed by atoms with Gasteiger partial charge in [-0.15, -0.1) is 0 Å². The maximum Gasteiger partial charge on any atom is 0.112 e. The molecule has 0 radical (unpaired) electrons. The standard InChI is InChI=1S/C15H20N2O2/c1-17-14-5-3-2-4-13(14)16-15(17)9-12(18)8-11-6-7-19-10-11/h2-5,11-12,18H,6-10H2,1H3. The topological polar surface area (TPSA) is 47.3 Å². The summed E-state index contributed by atoms with van der Waals surface area (Å²) >= 11 is 0. The number of benzene rings is 1. The second kappa shape index (κ2) is 5.31. The van der Waals surface area contributed by atoms with Crippen LogP contribution in [0, 0.1) is 5.92 Å². The van der Waals surface area contributed by atoms with Gasteiger partial charge in [0.1, 0.15) is 5.82 Å². The predicted molar refractivity (Wildman–Crippen MR) is 74.0 cm³/mol. The number of para-hydroxylation sites is 2. The lowest BCUT2D eigenvalue weighted by atomic mass is 9.99. The van der Waals surface area contributed by atoms with Crippen molar-refractivity contribution in [3.8, 4) is 0 Å². The Bertz CT molecular complexity index is 558. The summed E-state index contributed by atoms with van der Waals surface area (Å²) in [5.41, 5.74) is 2.12. The fourth-order valence-electron chi connectivity index (χ4n) is 2.83. The van der Waals surface area contributed by atoms with Gasteiger partial charge in [-0.1, -0.05) is 12.1 Å². The molecular formula is C15H20N2O2. The van der Waals surface area contributed by atoms with E-state index >= 15 is 0 Å². The second-order valence-corrected chi connectivity index (χ2v) is 5.40. The molecule has 1 fully saturated rings. The van der Waals surface area contributed by atoms with E-state index in [1.165, 1.54) is 0 Å². The fourth-order valence-corrected chi connectivity index (χ4v) is 2.83. The van der Waals surface area contributed by atoms with Crippen LogP contribution >= 0.6 is 0 Å². The number of rotatable bonds is 4. The van der Waals surface area contributed by atoms with Gasteiger partial charge in [-0.3, -0.25) is 0 Å². The summed E-state index contributed by atoms with van der Waals surface area (Å²) in [5, 5.41) is 10.2. The molecule has 1 aromatic carbocycles. The van der Waals surface area contributed by atoms with Gasteiger partial charge in [-0.05, 0) is 30.9 Å². The van der Waals surface area contributed by atoms with E-state index in [2.05, 4.69) is 15.6 Å². The summed E-state index contributed by atoms with van der Waals surface area (Å²) in [5.74, 6) is 1.46. The quantitative estimate of drug-likeness (QED) is 0.913. The summed E-state index contributed by atoms with van der Waals surface area (Å²) in [6.07, 6.45) is 2.16. The first-order chi connectivity index (χ1) is 9.24. The molecular weight excluding hydrogens is 240 g/mol. The third-order valence-corrected chi connectivity index (χ3v) is 3.93. The summed E-state index contributed by atoms with van der Waals surface area (Å²) in [7, 11) is 2.01. The van der Waals surface area contributed by atoms with Gasteiger partial charge in [-0.25, -0.2) is 4.98 Å². The van der Waals surface area contributed by atoms with Crippen LogP contribution < -0.4 is 0 Å². The summed E-state index contributed by atoms with van der Waals surface area (Å²) < 4.78 is 7.42. The zero-order valence-corrected chi connectivity index (χ0v) is 11.2. The highest BCUT2D eigenvalue weighted by Crippen LogP contribution is 2.21. The number of aryl methyl sites for hydroxylation is 1. The Kier molecular flexibility index (Phi) is 3.53. The highest BCUT2D eigenvalue weighted by molar-refractivity contribution is 5.75. The van der Waals surface area contributed by atoms with Gasteiger partial charge in [-0.2, -0.15) is 0 Å². The molecule has 2 atom stereocenters. The van der Waals surface area contributed by atoms with Crippen molar-refractivity contribution in [3.05, 3.63) is 30.1 Å². The highest BCUT2D eigenvalue weighted by Gasteiger charge is 2.21. The first-order valence-electron chi connectivity index (χ1n) is 6.90. The Labute approximate surface area is 113 Å². The average molecular weight is 260 g/mol. The Hall–Kier alpha value is -1.39. The normalized spacial score (nSPS) is 21.1. The van der Waals surface area contributed by atoms with Crippen LogP contribution in [0.25, 0.3) is 11.0 Å². The fraction of sp³-hybridized carbons (Fsp3) is 0.533. The maximum atomic E-state index is 10.2. The van der Waals surface area contributed by atoms with Crippen LogP contribution in [0.15, 0.2) is 24.3 Å². The van der Waals surface area contributed by atoms with Gasteiger partial charge in [0, 0.05) is 26.7 Å². The molecule has 0 aliphatic carbocycles. The van der Waals surface area contributed by atoms with E-state index in [0.717, 1.165) is 42.9 Å². The molecule has 1 saturated heterocycles. The van der Waals surface area contributed by atoms with Crippen LogP contribution in [-0.2, 0) is 18.2 Å². The summed E-state index contributed by atoms with van der Waals surface area (Å²) in [4.78, 5) is 4.60. The number of aromatic nitrogens is 2. The molecule has 1 N–H and O–H groups in total. The Morgan fingerprint density at radius 1 is 1.47 bits per heavy atom. The van der Waals surface area contributed by atoms with Gasteiger partial charge in [0.2, 0.25) is 0 Å². The van der Waals surface area contributed by atoms with Crippen molar-refractivity contribution in [2.45, 2.75) is 25.4 Å². The van der Waals surface area contributed by atoms with Gasteiger partial charge in [0.05, 0.1) is 17.1 Å². The summed E-state index contributed by atoms with van der Waals surface area (Å²) in [6, 6.07) is 8.07. The molecule has 4 heteroatoms. The number of aliphatic hydroxyl groups excluding tert-OH is 1. The number of hydrogen-bond donors (Lipinski definition) is 1. The molecule has 1 aliphatic heterocycles. The van der Waals surface area contributed by atoms with Crippen molar-refractivity contribution < 1.29 is 9.84 Å². The third kappa shape index (κ3) is 2.65. The molecule has 2 heterocycles. The highest BCUT2D eigenvalue weighted by atomic mass is 16.5. The molecule has 1 aromatic heterocycles. The summed E-state index contributed by atoms with van der Waals surface area (Å²) in [6.45, 7) is 1.63. The van der Waals surface area contributed by atoms with E-state index in [9.17, 15) is 5.11 Å². The number of aliphatic hydroxyl groups is 1. The van der Waals surface area contributed by atoms with Gasteiger partial charge < -0.3 is 14.4 Å². The third-order valence-electron chi connectivity index (χ3n) is 3.93. The van der Waals surface area contributed by atoms with E-state index in [1.807, 2.05) is 25.2 Å². The van der Waals surface area contributed by atoms with Crippen molar-refractivity contribution in [2.75, 3.05) is 13.2 Å². The van der Waals surface area contributed by atoms with Crippen LogP contribution in [0.5, 0.6) is 0 Å². The van der Waals surface area contributed by atoms with Crippen molar-refractivity contribution in [1.29, 1.82) is 0 Å². The molecule has 4 nitrogen and oxygen atoms in total. The zero-order chi connectivity index (χ0) is 13.2. The monoisotopic (exact) mass is 260 g/mol. The Balaban J connectivity index is 1.71. The molecule has 3 rings (SSSR count). The molecule has 102 valence electrons. The van der Waals surface area contributed by atoms with E-state index in [-0.39, 0.29) is 6.10 Å². The molecule has 19 heavy (non-hydrogen) atoms. The van der Waals surface area contributed by atoms with E-state index < -0.39 is 0 Å². The lowest BCUT2D eigenvalue weighted by Gasteiger charge is -2.14. The van der Waals surface area contributed by atoms with Crippen molar-refractivity contribution in [1.82, 2.24) is 9.55 Å². The number of fused-ring (bicyclic) bond motifs is 1. The van der Waals surface area contributed by atoms with Gasteiger partial charge in [0.25, 0.3) is 0 Å². The lowest BCUT2D eigenvalue weighted by Crippen LogP contribution is -2.18. The van der Waals surface area contributed by atoms with Gasteiger partial charge in [0.15, 0.2) is 0 Å². The van der Waals surface area contributed by atoms with Crippen LogP contribution in [0.3, 0.4) is 0 Å². The largest absolute Gasteiger partial charge is 0.393 e. The zero-order valence-electron chi connectivity index (χ0n) is 11.2. The van der Waals surface area contributed by atoms with E-state index in [0.29, 0.717) is 12.3 Å². The average Bonchev–Trinajstić information content (AvgIpc) is 3.00. The molecule has 0 amide bonds. The molecule has 0 spiro atoms. The van der Waals surface area contributed by atoms with Crippen molar-refractivity contribution in [2.24, 2.45) is 13.0 Å².